The van der Waals surface area contributed by atoms with Crippen molar-refractivity contribution in [1.29, 1.82) is 0 Å². The van der Waals surface area contributed by atoms with Gasteiger partial charge in [0, 0.05) is 30.5 Å². The summed E-state index contributed by atoms with van der Waals surface area (Å²) in [4.78, 5) is 20.3. The molecule has 0 bridgehead atoms. The van der Waals surface area contributed by atoms with E-state index in [0.29, 0.717) is 21.7 Å². The highest BCUT2D eigenvalue weighted by molar-refractivity contribution is 7.80. The summed E-state index contributed by atoms with van der Waals surface area (Å²) >= 11 is 12.7. The van der Waals surface area contributed by atoms with Gasteiger partial charge in [-0.3, -0.25) is 4.98 Å². The molecule has 0 aliphatic carbocycles. The Kier molecular flexibility index (Phi) is 7.21. The predicted molar refractivity (Wildman–Crippen MR) is 161 cm³/mol. The topological polar surface area (TPSA) is 81.8 Å². The van der Waals surface area contributed by atoms with E-state index in [1.54, 1.807) is 30.5 Å². The lowest BCUT2D eigenvalue weighted by molar-refractivity contribution is 0.0697. The number of pyridine rings is 1. The SMILES string of the molecule is CC1CCN(c2ccc(N3C(=S)NC(c4ccccn4)C3c3ccc(-c4ccc(C(=O)O)cc4)o3)cc2Cl)CC1. The quantitative estimate of drug-likeness (QED) is 0.237. The molecular weight excluding hydrogens is 544 g/mol. The number of nitrogens with one attached hydrogen (secondary N) is 1. The summed E-state index contributed by atoms with van der Waals surface area (Å²) in [7, 11) is 0. The van der Waals surface area contributed by atoms with Crippen molar-refractivity contribution < 1.29 is 14.3 Å². The monoisotopic (exact) mass is 572 g/mol. The number of carboxylic acid groups (broad SMARTS) is 1. The van der Waals surface area contributed by atoms with Gasteiger partial charge in [-0.1, -0.05) is 36.7 Å². The zero-order valence-electron chi connectivity index (χ0n) is 22.0. The second kappa shape index (κ2) is 10.9. The number of thiocarbonyl (C=S) groups is 1. The number of benzene rings is 2. The van der Waals surface area contributed by atoms with Crippen molar-refractivity contribution in [3.63, 3.8) is 0 Å². The largest absolute Gasteiger partial charge is 0.478 e. The molecule has 2 aliphatic heterocycles. The lowest BCUT2D eigenvalue weighted by Crippen LogP contribution is -2.33. The third kappa shape index (κ3) is 5.05. The van der Waals surface area contributed by atoms with Crippen LogP contribution in [0.15, 0.2) is 83.4 Å². The zero-order chi connectivity index (χ0) is 27.8. The van der Waals surface area contributed by atoms with Crippen LogP contribution in [-0.4, -0.2) is 34.3 Å². The standard InChI is InChI=1S/C31H29ClN4O3S/c1-19-13-16-35(17-14-19)25-10-9-22(18-23(25)32)36-29(28(34-31(36)40)24-4-2-3-15-33-24)27-12-11-26(39-27)20-5-7-21(8-6-20)30(37)38/h2-12,15,18-19,28-29H,13-14,16-17H2,1H3,(H,34,40)(H,37,38). The van der Waals surface area contributed by atoms with Crippen molar-refractivity contribution in [2.75, 3.05) is 22.9 Å². The first-order valence-corrected chi connectivity index (χ1v) is 14.2. The lowest BCUT2D eigenvalue weighted by Gasteiger charge is -2.33. The van der Waals surface area contributed by atoms with Crippen LogP contribution in [0.3, 0.4) is 0 Å². The van der Waals surface area contributed by atoms with Gasteiger partial charge in [-0.15, -0.1) is 0 Å². The zero-order valence-corrected chi connectivity index (χ0v) is 23.5. The van der Waals surface area contributed by atoms with Gasteiger partial charge in [0.25, 0.3) is 0 Å². The van der Waals surface area contributed by atoms with E-state index in [9.17, 15) is 9.90 Å². The van der Waals surface area contributed by atoms with Gasteiger partial charge in [0.05, 0.1) is 28.0 Å². The van der Waals surface area contributed by atoms with Gasteiger partial charge in [-0.05, 0) is 85.6 Å². The van der Waals surface area contributed by atoms with Crippen LogP contribution in [0.4, 0.5) is 11.4 Å². The lowest BCUT2D eigenvalue weighted by atomic mass is 9.98. The highest BCUT2D eigenvalue weighted by Gasteiger charge is 2.42. The Morgan fingerprint density at radius 1 is 1.07 bits per heavy atom. The molecule has 0 radical (unpaired) electrons. The van der Waals surface area contributed by atoms with Crippen molar-refractivity contribution in [3.8, 4) is 11.3 Å². The number of halogens is 1. The highest BCUT2D eigenvalue weighted by Crippen LogP contribution is 2.44. The number of anilines is 2. The molecule has 2 unspecified atom stereocenters. The Balaban J connectivity index is 1.36. The number of aromatic carboxylic acids is 1. The molecule has 9 heteroatoms. The number of aromatic nitrogens is 1. The van der Waals surface area contributed by atoms with Crippen molar-refractivity contribution in [3.05, 3.63) is 101 Å². The number of furan rings is 1. The fourth-order valence-electron chi connectivity index (χ4n) is 5.52. The molecule has 2 fully saturated rings. The maximum Gasteiger partial charge on any atom is 0.335 e. The Hall–Kier alpha value is -3.88. The van der Waals surface area contributed by atoms with Gasteiger partial charge >= 0.3 is 5.97 Å². The fourth-order valence-corrected chi connectivity index (χ4v) is 6.16. The van der Waals surface area contributed by atoms with Crippen molar-refractivity contribution in [2.24, 2.45) is 5.92 Å². The summed E-state index contributed by atoms with van der Waals surface area (Å²) in [6.07, 6.45) is 4.08. The number of carboxylic acids is 1. The Labute approximate surface area is 243 Å². The van der Waals surface area contributed by atoms with Crippen LogP contribution >= 0.6 is 23.8 Å². The Morgan fingerprint density at radius 2 is 1.85 bits per heavy atom. The fraction of sp³-hybridized carbons (Fsp3) is 0.258. The van der Waals surface area contributed by atoms with Gasteiger partial charge in [-0.25, -0.2) is 4.79 Å². The van der Waals surface area contributed by atoms with Gasteiger partial charge in [0.15, 0.2) is 5.11 Å². The molecule has 2 saturated heterocycles. The second-order valence-corrected chi connectivity index (χ2v) is 11.2. The average molecular weight is 573 g/mol. The minimum atomic E-state index is -0.967. The van der Waals surface area contributed by atoms with Crippen LogP contribution in [0.1, 0.15) is 53.7 Å². The van der Waals surface area contributed by atoms with Gasteiger partial charge < -0.3 is 24.6 Å². The van der Waals surface area contributed by atoms with Crippen molar-refractivity contribution >= 4 is 46.3 Å². The number of piperidine rings is 1. The van der Waals surface area contributed by atoms with Crippen LogP contribution in [-0.2, 0) is 0 Å². The molecule has 2 atom stereocenters. The Bertz CT molecular complexity index is 1530. The van der Waals surface area contributed by atoms with Gasteiger partial charge in [0.2, 0.25) is 0 Å². The molecule has 2 aromatic carbocycles. The maximum atomic E-state index is 11.3. The molecule has 0 saturated carbocycles. The minimum Gasteiger partial charge on any atom is -0.478 e. The number of nitrogens with zero attached hydrogens (tertiary/aromatic N) is 3. The van der Waals surface area contributed by atoms with E-state index < -0.39 is 5.97 Å². The number of hydrogen-bond acceptors (Lipinski definition) is 5. The van der Waals surface area contributed by atoms with E-state index in [1.165, 1.54) is 0 Å². The van der Waals surface area contributed by atoms with Gasteiger partial charge in [-0.2, -0.15) is 0 Å². The van der Waals surface area contributed by atoms with Crippen molar-refractivity contribution in [2.45, 2.75) is 31.8 Å². The molecule has 2 aliphatic rings. The first kappa shape index (κ1) is 26.3. The van der Waals surface area contributed by atoms with E-state index in [2.05, 4.69) is 34.3 Å². The van der Waals surface area contributed by atoms with Crippen LogP contribution in [0.5, 0.6) is 0 Å². The molecular formula is C31H29ClN4O3S. The summed E-state index contributed by atoms with van der Waals surface area (Å²) in [5.41, 5.74) is 3.75. The van der Waals surface area contributed by atoms with Gasteiger partial charge in [0.1, 0.15) is 17.6 Å². The average Bonchev–Trinajstić information content (AvgIpc) is 3.59. The molecule has 6 rings (SSSR count). The highest BCUT2D eigenvalue weighted by atomic mass is 35.5. The van der Waals surface area contributed by atoms with Crippen LogP contribution in [0.25, 0.3) is 11.3 Å². The molecule has 7 nitrogen and oxygen atoms in total. The molecule has 0 spiro atoms. The first-order valence-electron chi connectivity index (χ1n) is 13.4. The molecule has 2 N–H and O–H groups in total. The number of hydrogen-bond donors (Lipinski definition) is 2. The second-order valence-electron chi connectivity index (χ2n) is 10.4. The molecule has 0 amide bonds. The molecule has 4 heterocycles. The van der Waals surface area contributed by atoms with Crippen LogP contribution in [0, 0.1) is 5.92 Å². The van der Waals surface area contributed by atoms with E-state index in [0.717, 1.165) is 54.5 Å². The van der Waals surface area contributed by atoms with E-state index in [4.69, 9.17) is 28.2 Å². The van der Waals surface area contributed by atoms with E-state index >= 15 is 0 Å². The maximum absolute atomic E-state index is 11.3. The normalized spacial score (nSPS) is 19.6. The van der Waals surface area contributed by atoms with Crippen LogP contribution < -0.4 is 15.1 Å². The smallest absolute Gasteiger partial charge is 0.335 e. The van der Waals surface area contributed by atoms with Crippen LogP contribution in [0.2, 0.25) is 5.02 Å². The van der Waals surface area contributed by atoms with E-state index in [1.807, 2.05) is 41.3 Å². The summed E-state index contributed by atoms with van der Waals surface area (Å²) < 4.78 is 6.41. The number of rotatable bonds is 6. The number of carbonyl (C=O) groups is 1. The minimum absolute atomic E-state index is 0.224. The summed E-state index contributed by atoms with van der Waals surface area (Å²) in [6.45, 7) is 4.29. The first-order chi connectivity index (χ1) is 19.4. The predicted octanol–water partition coefficient (Wildman–Crippen LogP) is 7.11. The molecule has 40 heavy (non-hydrogen) atoms. The van der Waals surface area contributed by atoms with E-state index in [-0.39, 0.29) is 17.6 Å². The van der Waals surface area contributed by atoms with Crippen molar-refractivity contribution in [1.82, 2.24) is 10.3 Å². The summed E-state index contributed by atoms with van der Waals surface area (Å²) in [5.74, 6) is 1.10. The summed E-state index contributed by atoms with van der Waals surface area (Å²) in [5, 5.41) is 13.9. The Morgan fingerprint density at radius 3 is 2.52 bits per heavy atom. The molecule has 2 aromatic heterocycles. The third-order valence-electron chi connectivity index (χ3n) is 7.77. The molecule has 204 valence electrons. The molecule has 4 aromatic rings. The summed E-state index contributed by atoms with van der Waals surface area (Å²) in [6, 6.07) is 21.8. The third-order valence-corrected chi connectivity index (χ3v) is 8.38.